The molecule has 1 unspecified atom stereocenters. The van der Waals surface area contributed by atoms with Gasteiger partial charge in [0.2, 0.25) is 0 Å². The second-order valence-corrected chi connectivity index (χ2v) is 4.37. The lowest BCUT2D eigenvalue weighted by Crippen LogP contribution is -2.32. The van der Waals surface area contributed by atoms with Crippen molar-refractivity contribution in [2.45, 2.75) is 33.7 Å². The summed E-state index contributed by atoms with van der Waals surface area (Å²) in [7, 11) is 0. The van der Waals surface area contributed by atoms with E-state index < -0.39 is 0 Å². The summed E-state index contributed by atoms with van der Waals surface area (Å²) in [6.07, 6.45) is 0. The molecule has 0 bridgehead atoms. The summed E-state index contributed by atoms with van der Waals surface area (Å²) in [5.41, 5.74) is -0.140. The lowest BCUT2D eigenvalue weighted by Gasteiger charge is -2.22. The zero-order valence-corrected chi connectivity index (χ0v) is 10.9. The van der Waals surface area contributed by atoms with E-state index >= 15 is 0 Å². The Bertz CT molecular complexity index is 401. The van der Waals surface area contributed by atoms with Crippen molar-refractivity contribution in [3.8, 4) is 0 Å². The molecule has 5 nitrogen and oxygen atoms in total. The van der Waals surface area contributed by atoms with Gasteiger partial charge in [-0.05, 0) is 19.8 Å². The Balaban J connectivity index is 2.74. The van der Waals surface area contributed by atoms with Crippen molar-refractivity contribution in [1.29, 1.82) is 0 Å². The number of nitrogens with zero attached hydrogens (tertiary/aromatic N) is 1. The normalized spacial score (nSPS) is 12.8. The quantitative estimate of drug-likeness (QED) is 0.790. The van der Waals surface area contributed by atoms with Gasteiger partial charge in [-0.2, -0.15) is 0 Å². The fourth-order valence-electron chi connectivity index (χ4n) is 1.49. The maximum absolute atomic E-state index is 11.3. The highest BCUT2D eigenvalue weighted by molar-refractivity contribution is 5.34. The van der Waals surface area contributed by atoms with Crippen molar-refractivity contribution in [3.63, 3.8) is 0 Å². The Labute approximate surface area is 102 Å². The van der Waals surface area contributed by atoms with Crippen LogP contribution in [-0.2, 0) is 4.74 Å². The minimum Gasteiger partial charge on any atom is -0.380 e. The van der Waals surface area contributed by atoms with Crippen LogP contribution in [0.25, 0.3) is 0 Å². The Kier molecular flexibility index (Phi) is 5.15. The largest absolute Gasteiger partial charge is 0.380 e. The van der Waals surface area contributed by atoms with Crippen LogP contribution in [0.1, 0.15) is 26.6 Å². The molecule has 0 amide bonds. The van der Waals surface area contributed by atoms with E-state index in [1.165, 1.54) is 6.07 Å². The van der Waals surface area contributed by atoms with Gasteiger partial charge in [-0.1, -0.05) is 13.8 Å². The van der Waals surface area contributed by atoms with E-state index in [4.69, 9.17) is 4.74 Å². The van der Waals surface area contributed by atoms with Crippen LogP contribution in [-0.4, -0.2) is 29.2 Å². The van der Waals surface area contributed by atoms with Crippen molar-refractivity contribution in [1.82, 2.24) is 9.97 Å². The minimum absolute atomic E-state index is 0.140. The fraction of sp³-hybridized carbons (Fsp3) is 0.667. The van der Waals surface area contributed by atoms with Gasteiger partial charge in [0.05, 0.1) is 12.6 Å². The Hall–Kier alpha value is -1.36. The van der Waals surface area contributed by atoms with Crippen LogP contribution in [0.2, 0.25) is 0 Å². The van der Waals surface area contributed by atoms with Gasteiger partial charge in [0.15, 0.2) is 0 Å². The highest BCUT2D eigenvalue weighted by Crippen LogP contribution is 2.09. The molecule has 0 radical (unpaired) electrons. The predicted molar refractivity (Wildman–Crippen MR) is 68.3 cm³/mol. The third-order valence-electron chi connectivity index (χ3n) is 2.50. The molecule has 0 fully saturated rings. The molecule has 1 atom stereocenters. The SMILES string of the molecule is CCOCC(Nc1cc(=O)[nH]c(C)n1)C(C)C. The molecule has 2 N–H and O–H groups in total. The van der Waals surface area contributed by atoms with Crippen LogP contribution in [0, 0.1) is 12.8 Å². The van der Waals surface area contributed by atoms with Gasteiger partial charge in [-0.3, -0.25) is 4.79 Å². The van der Waals surface area contributed by atoms with E-state index in [-0.39, 0.29) is 11.6 Å². The van der Waals surface area contributed by atoms with Gasteiger partial charge in [-0.15, -0.1) is 0 Å². The van der Waals surface area contributed by atoms with Crippen LogP contribution >= 0.6 is 0 Å². The van der Waals surface area contributed by atoms with E-state index in [2.05, 4.69) is 29.1 Å². The van der Waals surface area contributed by atoms with Crippen LogP contribution in [0.4, 0.5) is 5.82 Å². The molecule has 0 aromatic carbocycles. The van der Waals surface area contributed by atoms with E-state index in [0.717, 1.165) is 0 Å². The molecule has 0 saturated heterocycles. The molecule has 0 spiro atoms. The molecule has 1 aromatic rings. The minimum atomic E-state index is -0.140. The second-order valence-electron chi connectivity index (χ2n) is 4.37. The first kappa shape index (κ1) is 13.7. The number of ether oxygens (including phenoxy) is 1. The average Bonchev–Trinajstić information content (AvgIpc) is 2.22. The molecule has 5 heteroatoms. The van der Waals surface area contributed by atoms with Gasteiger partial charge in [0.1, 0.15) is 11.6 Å². The highest BCUT2D eigenvalue weighted by Gasteiger charge is 2.14. The number of aryl methyl sites for hydroxylation is 1. The number of anilines is 1. The van der Waals surface area contributed by atoms with Gasteiger partial charge in [0.25, 0.3) is 5.56 Å². The average molecular weight is 239 g/mol. The maximum Gasteiger partial charge on any atom is 0.252 e. The van der Waals surface area contributed by atoms with E-state index in [1.54, 1.807) is 6.92 Å². The van der Waals surface area contributed by atoms with Gasteiger partial charge in [0, 0.05) is 12.7 Å². The number of nitrogens with one attached hydrogen (secondary N) is 2. The van der Waals surface area contributed by atoms with Crippen molar-refractivity contribution in [2.24, 2.45) is 5.92 Å². The third-order valence-corrected chi connectivity index (χ3v) is 2.50. The molecule has 0 aliphatic rings. The number of aromatic amines is 1. The summed E-state index contributed by atoms with van der Waals surface area (Å²) < 4.78 is 5.41. The highest BCUT2D eigenvalue weighted by atomic mass is 16.5. The molecule has 96 valence electrons. The van der Waals surface area contributed by atoms with Crippen LogP contribution in [0.15, 0.2) is 10.9 Å². The van der Waals surface area contributed by atoms with Crippen LogP contribution in [0.3, 0.4) is 0 Å². The molecule has 0 aliphatic carbocycles. The Morgan fingerprint density at radius 3 is 2.76 bits per heavy atom. The summed E-state index contributed by atoms with van der Waals surface area (Å²) in [6.45, 7) is 9.24. The van der Waals surface area contributed by atoms with Gasteiger partial charge in [-0.25, -0.2) is 4.98 Å². The molecule has 1 heterocycles. The predicted octanol–water partition coefficient (Wildman–Crippen LogP) is 1.55. The first-order chi connectivity index (χ1) is 8.02. The second kappa shape index (κ2) is 6.39. The van der Waals surface area contributed by atoms with E-state index in [9.17, 15) is 4.79 Å². The number of aromatic nitrogens is 2. The van der Waals surface area contributed by atoms with Gasteiger partial charge < -0.3 is 15.0 Å². The van der Waals surface area contributed by atoms with Crippen molar-refractivity contribution in [3.05, 3.63) is 22.2 Å². The Morgan fingerprint density at radius 1 is 1.53 bits per heavy atom. The number of rotatable bonds is 6. The zero-order chi connectivity index (χ0) is 12.8. The number of H-pyrrole nitrogens is 1. The van der Waals surface area contributed by atoms with Crippen LogP contribution < -0.4 is 10.9 Å². The summed E-state index contributed by atoms with van der Waals surface area (Å²) in [5, 5.41) is 3.24. The standard InChI is InChI=1S/C12H21N3O2/c1-5-17-7-10(8(2)3)15-11-6-12(16)14-9(4)13-11/h6,8,10H,5,7H2,1-4H3,(H2,13,14,15,16). The summed E-state index contributed by atoms with van der Waals surface area (Å²) >= 11 is 0. The molecule has 0 saturated carbocycles. The lowest BCUT2D eigenvalue weighted by molar-refractivity contribution is 0.126. The van der Waals surface area contributed by atoms with E-state index in [1.807, 2.05) is 6.92 Å². The fourth-order valence-corrected chi connectivity index (χ4v) is 1.49. The van der Waals surface area contributed by atoms with Crippen molar-refractivity contribution < 1.29 is 4.74 Å². The summed E-state index contributed by atoms with van der Waals surface area (Å²) in [6, 6.07) is 1.62. The topological polar surface area (TPSA) is 67.0 Å². The lowest BCUT2D eigenvalue weighted by atomic mass is 10.1. The third kappa shape index (κ3) is 4.56. The summed E-state index contributed by atoms with van der Waals surface area (Å²) in [5.74, 6) is 1.62. The zero-order valence-electron chi connectivity index (χ0n) is 10.9. The molecule has 17 heavy (non-hydrogen) atoms. The number of hydrogen-bond donors (Lipinski definition) is 2. The molecule has 1 aromatic heterocycles. The van der Waals surface area contributed by atoms with Crippen LogP contribution in [0.5, 0.6) is 0 Å². The van der Waals surface area contributed by atoms with Gasteiger partial charge >= 0.3 is 0 Å². The monoisotopic (exact) mass is 239 g/mol. The molecule has 0 aliphatic heterocycles. The van der Waals surface area contributed by atoms with Crippen molar-refractivity contribution in [2.75, 3.05) is 18.5 Å². The summed E-state index contributed by atoms with van der Waals surface area (Å²) in [4.78, 5) is 18.2. The van der Waals surface area contributed by atoms with Crippen molar-refractivity contribution >= 4 is 5.82 Å². The maximum atomic E-state index is 11.3. The first-order valence-electron chi connectivity index (χ1n) is 5.95. The first-order valence-corrected chi connectivity index (χ1v) is 5.95. The Morgan fingerprint density at radius 2 is 2.24 bits per heavy atom. The molecular weight excluding hydrogens is 218 g/mol. The smallest absolute Gasteiger partial charge is 0.252 e. The molecular formula is C12H21N3O2. The molecule has 1 rings (SSSR count). The number of hydrogen-bond acceptors (Lipinski definition) is 4. The van der Waals surface area contributed by atoms with E-state index in [0.29, 0.717) is 30.8 Å².